The van der Waals surface area contributed by atoms with E-state index in [1.54, 1.807) is 0 Å². The lowest BCUT2D eigenvalue weighted by molar-refractivity contribution is 0.0960. The zero-order valence-corrected chi connectivity index (χ0v) is 11.4. The van der Waals surface area contributed by atoms with Crippen LogP contribution in [0.15, 0.2) is 27.7 Å². The summed E-state index contributed by atoms with van der Waals surface area (Å²) in [5.74, 6) is 0.921. The second-order valence-electron chi connectivity index (χ2n) is 5.15. The fourth-order valence-corrected chi connectivity index (χ4v) is 1.99. The average Bonchev–Trinajstić information content (AvgIpc) is 2.38. The molecule has 0 bridgehead atoms. The molecule has 16 heavy (non-hydrogen) atoms. The average molecular weight is 282 g/mol. The van der Waals surface area contributed by atoms with E-state index in [4.69, 9.17) is 4.74 Å². The Balaban J connectivity index is 2.34. The first kappa shape index (κ1) is 11.6. The van der Waals surface area contributed by atoms with Crippen LogP contribution in [0.1, 0.15) is 26.3 Å². The molecular formula is C13H16BrNO. The predicted octanol–water partition coefficient (Wildman–Crippen LogP) is 3.68. The van der Waals surface area contributed by atoms with Crippen molar-refractivity contribution in [2.24, 2.45) is 10.4 Å². The van der Waals surface area contributed by atoms with E-state index in [-0.39, 0.29) is 11.5 Å². The molecule has 86 valence electrons. The summed E-state index contributed by atoms with van der Waals surface area (Å²) in [6, 6.07) is 6.02. The molecule has 0 spiro atoms. The molecule has 1 aliphatic heterocycles. The SMILES string of the molecule is CC(C)(C)C1CN=Cc2cc(Br)ccc2O1. The Morgan fingerprint density at radius 1 is 1.38 bits per heavy atom. The molecule has 0 amide bonds. The molecule has 0 N–H and O–H groups in total. The molecule has 0 aliphatic carbocycles. The Labute approximate surface area is 105 Å². The van der Waals surface area contributed by atoms with E-state index in [9.17, 15) is 0 Å². The quantitative estimate of drug-likeness (QED) is 0.711. The largest absolute Gasteiger partial charge is 0.487 e. The van der Waals surface area contributed by atoms with Gasteiger partial charge in [0.05, 0.1) is 6.54 Å². The van der Waals surface area contributed by atoms with Crippen molar-refractivity contribution in [3.8, 4) is 5.75 Å². The molecule has 1 aliphatic rings. The molecule has 0 saturated carbocycles. The lowest BCUT2D eigenvalue weighted by Crippen LogP contribution is -2.34. The van der Waals surface area contributed by atoms with Gasteiger partial charge in [-0.1, -0.05) is 36.7 Å². The van der Waals surface area contributed by atoms with Gasteiger partial charge < -0.3 is 4.74 Å². The minimum absolute atomic E-state index is 0.103. The number of fused-ring (bicyclic) bond motifs is 1. The number of hydrogen-bond acceptors (Lipinski definition) is 2. The highest BCUT2D eigenvalue weighted by molar-refractivity contribution is 9.10. The van der Waals surface area contributed by atoms with Gasteiger partial charge in [-0.25, -0.2) is 0 Å². The van der Waals surface area contributed by atoms with E-state index in [0.29, 0.717) is 0 Å². The predicted molar refractivity (Wildman–Crippen MR) is 70.5 cm³/mol. The zero-order chi connectivity index (χ0) is 11.8. The summed E-state index contributed by atoms with van der Waals surface area (Å²) >= 11 is 3.45. The van der Waals surface area contributed by atoms with Crippen LogP contribution in [-0.4, -0.2) is 18.9 Å². The molecule has 1 aromatic carbocycles. The first-order valence-electron chi connectivity index (χ1n) is 5.43. The molecule has 1 unspecified atom stereocenters. The molecule has 0 radical (unpaired) electrons. The van der Waals surface area contributed by atoms with Crippen molar-refractivity contribution in [1.29, 1.82) is 0 Å². The number of rotatable bonds is 0. The highest BCUT2D eigenvalue weighted by Crippen LogP contribution is 2.30. The standard InChI is InChI=1S/C13H16BrNO/c1-13(2,3)12-8-15-7-9-6-10(14)4-5-11(9)16-12/h4-7,12H,8H2,1-3H3. The van der Waals surface area contributed by atoms with Crippen LogP contribution in [0, 0.1) is 5.41 Å². The Hall–Kier alpha value is -0.830. The highest BCUT2D eigenvalue weighted by atomic mass is 79.9. The Kier molecular flexibility index (Phi) is 3.06. The maximum atomic E-state index is 6.03. The summed E-state index contributed by atoms with van der Waals surface area (Å²) in [7, 11) is 0. The molecule has 1 atom stereocenters. The second kappa shape index (κ2) is 4.21. The Morgan fingerprint density at radius 2 is 2.12 bits per heavy atom. The van der Waals surface area contributed by atoms with Crippen LogP contribution < -0.4 is 4.74 Å². The number of ether oxygens (including phenoxy) is 1. The van der Waals surface area contributed by atoms with Gasteiger partial charge in [-0.15, -0.1) is 0 Å². The number of halogens is 1. The van der Waals surface area contributed by atoms with E-state index < -0.39 is 0 Å². The van der Waals surface area contributed by atoms with Gasteiger partial charge in [0.1, 0.15) is 11.9 Å². The van der Waals surface area contributed by atoms with Gasteiger partial charge in [-0.2, -0.15) is 0 Å². The van der Waals surface area contributed by atoms with Crippen LogP contribution in [-0.2, 0) is 0 Å². The van der Waals surface area contributed by atoms with Gasteiger partial charge in [0.25, 0.3) is 0 Å². The summed E-state index contributed by atoms with van der Waals surface area (Å²) in [4.78, 5) is 4.43. The van der Waals surface area contributed by atoms with Crippen molar-refractivity contribution in [2.45, 2.75) is 26.9 Å². The molecule has 0 aromatic heterocycles. The molecule has 0 saturated heterocycles. The minimum atomic E-state index is 0.103. The summed E-state index contributed by atoms with van der Waals surface area (Å²) in [6.45, 7) is 7.25. The van der Waals surface area contributed by atoms with Crippen molar-refractivity contribution in [1.82, 2.24) is 0 Å². The second-order valence-corrected chi connectivity index (χ2v) is 6.06. The first-order chi connectivity index (χ1) is 7.47. The lowest BCUT2D eigenvalue weighted by Gasteiger charge is -2.29. The lowest BCUT2D eigenvalue weighted by atomic mass is 9.89. The molecular weight excluding hydrogens is 266 g/mol. The third kappa shape index (κ3) is 2.46. The topological polar surface area (TPSA) is 21.6 Å². The van der Waals surface area contributed by atoms with E-state index in [2.05, 4.69) is 41.7 Å². The monoisotopic (exact) mass is 281 g/mol. The van der Waals surface area contributed by atoms with Crippen LogP contribution in [0.2, 0.25) is 0 Å². The van der Waals surface area contributed by atoms with E-state index in [1.165, 1.54) is 0 Å². The third-order valence-corrected chi connectivity index (χ3v) is 3.20. The molecule has 0 fully saturated rings. The zero-order valence-electron chi connectivity index (χ0n) is 9.83. The van der Waals surface area contributed by atoms with Crippen LogP contribution in [0.3, 0.4) is 0 Å². The van der Waals surface area contributed by atoms with Crippen LogP contribution in [0.5, 0.6) is 5.75 Å². The molecule has 3 heteroatoms. The number of hydrogen-bond donors (Lipinski definition) is 0. The number of benzene rings is 1. The van der Waals surface area contributed by atoms with Gasteiger partial charge in [0.2, 0.25) is 0 Å². The highest BCUT2D eigenvalue weighted by Gasteiger charge is 2.28. The van der Waals surface area contributed by atoms with E-state index in [0.717, 1.165) is 22.3 Å². The van der Waals surface area contributed by atoms with Crippen LogP contribution in [0.25, 0.3) is 0 Å². The maximum Gasteiger partial charge on any atom is 0.128 e. The van der Waals surface area contributed by atoms with Crippen LogP contribution in [0.4, 0.5) is 0 Å². The van der Waals surface area contributed by atoms with Gasteiger partial charge in [0, 0.05) is 21.7 Å². The summed E-state index contributed by atoms with van der Waals surface area (Å²) < 4.78 is 7.08. The van der Waals surface area contributed by atoms with Gasteiger partial charge in [0.15, 0.2) is 0 Å². The fraction of sp³-hybridized carbons (Fsp3) is 0.462. The molecule has 2 nitrogen and oxygen atoms in total. The van der Waals surface area contributed by atoms with E-state index >= 15 is 0 Å². The molecule has 1 aromatic rings. The molecule has 1 heterocycles. The number of aliphatic imine (C=N–C) groups is 1. The van der Waals surface area contributed by atoms with E-state index in [1.807, 2.05) is 24.4 Å². The Morgan fingerprint density at radius 3 is 2.81 bits per heavy atom. The summed E-state index contributed by atoms with van der Waals surface area (Å²) in [5.41, 5.74) is 1.15. The third-order valence-electron chi connectivity index (χ3n) is 2.71. The van der Waals surface area contributed by atoms with Crippen molar-refractivity contribution >= 4 is 22.1 Å². The van der Waals surface area contributed by atoms with Gasteiger partial charge in [-0.05, 0) is 18.2 Å². The van der Waals surface area contributed by atoms with Gasteiger partial charge in [-0.3, -0.25) is 4.99 Å². The van der Waals surface area contributed by atoms with Crippen molar-refractivity contribution in [3.05, 3.63) is 28.2 Å². The summed E-state index contributed by atoms with van der Waals surface area (Å²) in [5, 5.41) is 0. The van der Waals surface area contributed by atoms with Crippen molar-refractivity contribution < 1.29 is 4.74 Å². The smallest absolute Gasteiger partial charge is 0.128 e. The number of nitrogens with zero attached hydrogens (tertiary/aromatic N) is 1. The van der Waals surface area contributed by atoms with Crippen molar-refractivity contribution in [2.75, 3.05) is 6.54 Å². The summed E-state index contributed by atoms with van der Waals surface area (Å²) in [6.07, 6.45) is 2.03. The Bertz CT molecular complexity index is 420. The van der Waals surface area contributed by atoms with Crippen molar-refractivity contribution in [3.63, 3.8) is 0 Å². The first-order valence-corrected chi connectivity index (χ1v) is 6.22. The molecule has 2 rings (SSSR count). The maximum absolute atomic E-state index is 6.03. The van der Waals surface area contributed by atoms with Crippen LogP contribution >= 0.6 is 15.9 Å². The normalized spacial score (nSPS) is 19.9. The fourth-order valence-electron chi connectivity index (χ4n) is 1.62. The minimum Gasteiger partial charge on any atom is -0.487 e. The van der Waals surface area contributed by atoms with Gasteiger partial charge >= 0.3 is 0 Å².